The average Bonchev–Trinajstić information content (AvgIpc) is 3.03. The minimum Gasteiger partial charge on any atom is -0.489 e. The molecule has 0 N–H and O–H groups in total. The van der Waals surface area contributed by atoms with Crippen LogP contribution >= 0.6 is 11.6 Å². The fourth-order valence-electron chi connectivity index (χ4n) is 5.91. The van der Waals surface area contributed by atoms with Crippen LogP contribution in [0.3, 0.4) is 0 Å². The van der Waals surface area contributed by atoms with Crippen molar-refractivity contribution in [3.05, 3.63) is 63.4 Å². The van der Waals surface area contributed by atoms with Crippen LogP contribution in [0, 0.1) is 28.0 Å². The van der Waals surface area contributed by atoms with Crippen molar-refractivity contribution in [2.75, 3.05) is 0 Å². The predicted octanol–water partition coefficient (Wildman–Crippen LogP) is 5.75. The minimum absolute atomic E-state index is 0.122. The van der Waals surface area contributed by atoms with Gasteiger partial charge in [0.15, 0.2) is 0 Å². The van der Waals surface area contributed by atoms with Crippen molar-refractivity contribution in [3.8, 4) is 11.8 Å². The first kappa shape index (κ1) is 21.6. The normalized spacial score (nSPS) is 23.2. The first-order valence-electron chi connectivity index (χ1n) is 10.5. The van der Waals surface area contributed by atoms with E-state index in [0.717, 1.165) is 0 Å². The quantitative estimate of drug-likeness (QED) is 0.608. The molecule has 0 atom stereocenters. The largest absolute Gasteiger partial charge is 0.489 e. The molecule has 2 aromatic rings. The number of benzene rings is 2. The Morgan fingerprint density at radius 3 is 2.48 bits per heavy atom. The number of ether oxygens (including phenoxy) is 1. The van der Waals surface area contributed by atoms with Crippen molar-refractivity contribution < 1.29 is 13.9 Å². The highest BCUT2D eigenvalue weighted by atomic mass is 35.5. The van der Waals surface area contributed by atoms with Gasteiger partial charge in [0.25, 0.3) is 5.91 Å². The number of fused-ring (bicyclic) bond motifs is 1. The van der Waals surface area contributed by atoms with Crippen molar-refractivity contribution in [2.45, 2.75) is 59.7 Å². The fraction of sp³-hybridized carbons (Fsp3) is 0.440. The van der Waals surface area contributed by atoms with Gasteiger partial charge >= 0.3 is 0 Å². The first-order chi connectivity index (χ1) is 14.5. The molecule has 1 fully saturated rings. The van der Waals surface area contributed by atoms with Gasteiger partial charge in [0.05, 0.1) is 17.1 Å². The van der Waals surface area contributed by atoms with Gasteiger partial charge in [0, 0.05) is 34.1 Å². The van der Waals surface area contributed by atoms with Crippen LogP contribution < -0.4 is 4.74 Å². The average molecular weight is 441 g/mol. The molecule has 0 radical (unpaired) electrons. The molecule has 6 heteroatoms. The molecule has 1 saturated carbocycles. The second-order valence-electron chi connectivity index (χ2n) is 9.65. The maximum Gasteiger partial charge on any atom is 0.254 e. The number of aryl methyl sites for hydroxylation is 1. The molecule has 0 saturated heterocycles. The Bertz CT molecular complexity index is 1100. The summed E-state index contributed by atoms with van der Waals surface area (Å²) in [6, 6.07) is 10.4. The van der Waals surface area contributed by atoms with E-state index in [1.807, 2.05) is 13.0 Å². The molecular formula is C25H26ClFN2O2. The van der Waals surface area contributed by atoms with Crippen LogP contribution in [0.15, 0.2) is 30.3 Å². The van der Waals surface area contributed by atoms with Gasteiger partial charge in [-0.25, -0.2) is 4.39 Å². The molecule has 1 amide bonds. The van der Waals surface area contributed by atoms with Gasteiger partial charge in [-0.2, -0.15) is 5.26 Å². The molecule has 4 rings (SSSR count). The van der Waals surface area contributed by atoms with Gasteiger partial charge < -0.3 is 9.64 Å². The topological polar surface area (TPSA) is 53.3 Å². The Morgan fingerprint density at radius 1 is 1.23 bits per heavy atom. The third-order valence-corrected chi connectivity index (χ3v) is 7.22. The summed E-state index contributed by atoms with van der Waals surface area (Å²) in [5.41, 5.74) is 1.26. The minimum atomic E-state index is -0.369. The van der Waals surface area contributed by atoms with E-state index in [0.29, 0.717) is 39.4 Å². The van der Waals surface area contributed by atoms with E-state index in [1.54, 1.807) is 35.2 Å². The highest BCUT2D eigenvalue weighted by molar-refractivity contribution is 6.31. The number of amides is 1. The van der Waals surface area contributed by atoms with Crippen LogP contribution in [0.25, 0.3) is 0 Å². The number of rotatable bonds is 4. The molecule has 0 bridgehead atoms. The number of nitrogens with zero attached hydrogens (tertiary/aromatic N) is 2. The van der Waals surface area contributed by atoms with Crippen LogP contribution in [-0.2, 0) is 13.0 Å². The Labute approximate surface area is 187 Å². The lowest BCUT2D eigenvalue weighted by molar-refractivity contribution is -0.199. The van der Waals surface area contributed by atoms with Crippen molar-refractivity contribution >= 4 is 17.5 Å². The summed E-state index contributed by atoms with van der Waals surface area (Å²) in [6.45, 7) is 10.5. The van der Waals surface area contributed by atoms with E-state index in [9.17, 15) is 9.18 Å². The summed E-state index contributed by atoms with van der Waals surface area (Å²) >= 11 is 6.17. The van der Waals surface area contributed by atoms with Gasteiger partial charge in [-0.1, -0.05) is 52.3 Å². The summed E-state index contributed by atoms with van der Waals surface area (Å²) in [5, 5.41) is 9.43. The van der Waals surface area contributed by atoms with Gasteiger partial charge in [-0.15, -0.1) is 0 Å². The summed E-state index contributed by atoms with van der Waals surface area (Å²) < 4.78 is 21.2. The van der Waals surface area contributed by atoms with Crippen LogP contribution in [0.4, 0.5) is 4.39 Å². The van der Waals surface area contributed by atoms with Crippen LogP contribution in [0.2, 0.25) is 5.02 Å². The van der Waals surface area contributed by atoms with Crippen LogP contribution in [0.5, 0.6) is 5.75 Å². The molecule has 162 valence electrons. The van der Waals surface area contributed by atoms with Crippen molar-refractivity contribution in [1.29, 1.82) is 5.26 Å². The number of nitriles is 1. The molecule has 1 aliphatic carbocycles. The lowest BCUT2D eigenvalue weighted by atomic mass is 9.49. The number of hydrogen-bond acceptors (Lipinski definition) is 3. The summed E-state index contributed by atoms with van der Waals surface area (Å²) in [6.07, 6.45) is 0.401. The van der Waals surface area contributed by atoms with E-state index >= 15 is 0 Å². The zero-order valence-corrected chi connectivity index (χ0v) is 19.2. The SMILES string of the molecule is CCc1ccc2c(c1F)CN(C1C(C)(C)C(Oc3ccc(C#N)c(Cl)c3)C1(C)C)C2=O. The molecule has 0 spiro atoms. The van der Waals surface area contributed by atoms with E-state index in [-0.39, 0.29) is 41.2 Å². The lowest BCUT2D eigenvalue weighted by Crippen LogP contribution is -2.74. The number of carbonyl (C=O) groups excluding carboxylic acids is 1. The number of hydrogen-bond donors (Lipinski definition) is 0. The van der Waals surface area contributed by atoms with Gasteiger partial charge in [-0.05, 0) is 30.2 Å². The molecule has 0 unspecified atom stereocenters. The van der Waals surface area contributed by atoms with Crippen LogP contribution in [-0.4, -0.2) is 23.0 Å². The molecule has 2 aromatic carbocycles. The van der Waals surface area contributed by atoms with E-state index < -0.39 is 0 Å². The summed E-state index contributed by atoms with van der Waals surface area (Å²) in [5.74, 6) is 0.205. The monoisotopic (exact) mass is 440 g/mol. The van der Waals surface area contributed by atoms with Crippen LogP contribution in [0.1, 0.15) is 61.7 Å². The van der Waals surface area contributed by atoms with Crippen molar-refractivity contribution in [1.82, 2.24) is 4.90 Å². The summed E-state index contributed by atoms with van der Waals surface area (Å²) in [7, 11) is 0. The highest BCUT2D eigenvalue weighted by Gasteiger charge is 2.67. The molecule has 0 aromatic heterocycles. The maximum absolute atomic E-state index is 14.9. The Kier molecular flexibility index (Phi) is 5.05. The second kappa shape index (κ2) is 7.24. The third-order valence-electron chi connectivity index (χ3n) is 6.91. The Hall–Kier alpha value is -2.58. The predicted molar refractivity (Wildman–Crippen MR) is 118 cm³/mol. The highest BCUT2D eigenvalue weighted by Crippen LogP contribution is 2.59. The first-order valence-corrected chi connectivity index (χ1v) is 10.9. The molecular weight excluding hydrogens is 415 g/mol. The third kappa shape index (κ3) is 3.11. The zero-order valence-electron chi connectivity index (χ0n) is 18.4. The maximum atomic E-state index is 14.9. The molecule has 2 aliphatic rings. The molecule has 31 heavy (non-hydrogen) atoms. The summed E-state index contributed by atoms with van der Waals surface area (Å²) in [4.78, 5) is 15.0. The van der Waals surface area contributed by atoms with Crippen molar-refractivity contribution in [3.63, 3.8) is 0 Å². The molecule has 1 heterocycles. The van der Waals surface area contributed by atoms with E-state index in [2.05, 4.69) is 27.7 Å². The fourth-order valence-corrected chi connectivity index (χ4v) is 6.13. The Morgan fingerprint density at radius 2 is 1.90 bits per heavy atom. The second-order valence-corrected chi connectivity index (χ2v) is 10.1. The Balaban J connectivity index is 1.61. The number of carbonyl (C=O) groups is 1. The van der Waals surface area contributed by atoms with Crippen molar-refractivity contribution in [2.24, 2.45) is 10.8 Å². The smallest absolute Gasteiger partial charge is 0.254 e. The van der Waals surface area contributed by atoms with Gasteiger partial charge in [-0.3, -0.25) is 4.79 Å². The molecule has 4 nitrogen and oxygen atoms in total. The molecule has 1 aliphatic heterocycles. The van der Waals surface area contributed by atoms with E-state index in [1.165, 1.54) is 0 Å². The van der Waals surface area contributed by atoms with Gasteiger partial charge in [0.2, 0.25) is 0 Å². The standard InChI is InChI=1S/C25H26ClFN2O2/c1-6-14-8-10-17-18(20(14)27)13-29(21(17)30)22-24(2,3)23(25(22,4)5)31-16-9-7-15(12-28)19(26)11-16/h7-11,22-23H,6,13H2,1-5H3. The van der Waals surface area contributed by atoms with E-state index in [4.69, 9.17) is 21.6 Å². The zero-order chi connectivity index (χ0) is 22.7. The number of halogens is 2. The lowest BCUT2D eigenvalue weighted by Gasteiger charge is -2.65. The van der Waals surface area contributed by atoms with Gasteiger partial charge in [0.1, 0.15) is 23.7 Å².